The molecule has 29 heavy (non-hydrogen) atoms. The number of nitrogens with one attached hydrogen (secondary N) is 2. The summed E-state index contributed by atoms with van der Waals surface area (Å²) in [6.07, 6.45) is 7.67. The van der Waals surface area contributed by atoms with Gasteiger partial charge in [0, 0.05) is 29.0 Å². The standard InChI is InChI=1S/C22H20N4O2S/c1-2-16-13-17(22(29-16)26-21(27)18-8-6-12-28-18)20(15-7-5-10-23-14-15)25-19-9-3-4-11-24-19/h3-14,20H,2H2,1H3,(H,24,25)(H,26,27)/t20-/m0/s1. The zero-order valence-corrected chi connectivity index (χ0v) is 16.6. The van der Waals surface area contributed by atoms with Crippen LogP contribution in [0.3, 0.4) is 0 Å². The molecule has 0 saturated carbocycles. The Balaban J connectivity index is 1.73. The maximum atomic E-state index is 12.6. The summed E-state index contributed by atoms with van der Waals surface area (Å²) in [5, 5.41) is 7.27. The zero-order valence-electron chi connectivity index (χ0n) is 15.8. The molecular formula is C22H20N4O2S. The third-order valence-electron chi connectivity index (χ3n) is 4.42. The van der Waals surface area contributed by atoms with Gasteiger partial charge in [-0.25, -0.2) is 4.98 Å². The van der Waals surface area contributed by atoms with E-state index in [4.69, 9.17) is 4.42 Å². The average Bonchev–Trinajstić information content (AvgIpc) is 3.44. The lowest BCUT2D eigenvalue weighted by Crippen LogP contribution is -2.17. The Morgan fingerprint density at radius 3 is 2.79 bits per heavy atom. The maximum absolute atomic E-state index is 12.6. The fraction of sp³-hybridized carbons (Fsp3) is 0.136. The molecule has 2 N–H and O–H groups in total. The molecule has 7 heteroatoms. The molecule has 4 rings (SSSR count). The number of aryl methyl sites for hydroxylation is 1. The molecule has 0 bridgehead atoms. The second kappa shape index (κ2) is 8.70. The van der Waals surface area contributed by atoms with Crippen LogP contribution in [0.15, 0.2) is 77.8 Å². The van der Waals surface area contributed by atoms with Gasteiger partial charge in [-0.15, -0.1) is 11.3 Å². The number of amides is 1. The predicted octanol–water partition coefficient (Wildman–Crippen LogP) is 5.15. The summed E-state index contributed by atoms with van der Waals surface area (Å²) in [5.74, 6) is 0.746. The largest absolute Gasteiger partial charge is 0.459 e. The first-order valence-electron chi connectivity index (χ1n) is 9.29. The fourth-order valence-electron chi connectivity index (χ4n) is 3.00. The van der Waals surface area contributed by atoms with E-state index in [9.17, 15) is 4.79 Å². The minimum atomic E-state index is -0.275. The van der Waals surface area contributed by atoms with Crippen LogP contribution in [0.4, 0.5) is 10.8 Å². The molecule has 0 unspecified atom stereocenters. The van der Waals surface area contributed by atoms with E-state index in [1.165, 1.54) is 11.1 Å². The Morgan fingerprint density at radius 1 is 1.17 bits per heavy atom. The van der Waals surface area contributed by atoms with Crippen LogP contribution in [-0.4, -0.2) is 15.9 Å². The van der Waals surface area contributed by atoms with E-state index in [0.29, 0.717) is 0 Å². The van der Waals surface area contributed by atoms with Gasteiger partial charge < -0.3 is 15.1 Å². The van der Waals surface area contributed by atoms with Crippen molar-refractivity contribution >= 4 is 28.1 Å². The van der Waals surface area contributed by atoms with E-state index in [1.807, 2.05) is 36.5 Å². The lowest BCUT2D eigenvalue weighted by atomic mass is 10.0. The number of carbonyl (C=O) groups is 1. The van der Waals surface area contributed by atoms with Gasteiger partial charge in [-0.05, 0) is 48.4 Å². The van der Waals surface area contributed by atoms with Crippen LogP contribution in [0, 0.1) is 0 Å². The molecule has 0 radical (unpaired) electrons. The normalized spacial score (nSPS) is 11.8. The van der Waals surface area contributed by atoms with Gasteiger partial charge in [0.05, 0.1) is 12.3 Å². The molecule has 4 aromatic rings. The number of nitrogens with zero attached hydrogens (tertiary/aromatic N) is 2. The van der Waals surface area contributed by atoms with E-state index in [-0.39, 0.29) is 17.7 Å². The third kappa shape index (κ3) is 4.35. The van der Waals surface area contributed by atoms with Gasteiger partial charge in [-0.2, -0.15) is 0 Å². The third-order valence-corrected chi connectivity index (χ3v) is 5.63. The number of aromatic nitrogens is 2. The molecule has 4 heterocycles. The molecule has 0 spiro atoms. The van der Waals surface area contributed by atoms with Gasteiger partial charge in [-0.1, -0.05) is 19.1 Å². The molecule has 0 aromatic carbocycles. The van der Waals surface area contributed by atoms with Crippen LogP contribution in [0.25, 0.3) is 0 Å². The zero-order chi connectivity index (χ0) is 20.1. The number of carbonyl (C=O) groups excluding carboxylic acids is 1. The first kappa shape index (κ1) is 18.9. The van der Waals surface area contributed by atoms with Crippen LogP contribution in [0.2, 0.25) is 0 Å². The van der Waals surface area contributed by atoms with Crippen molar-refractivity contribution in [3.05, 3.63) is 95.1 Å². The number of anilines is 2. The van der Waals surface area contributed by atoms with Crippen molar-refractivity contribution in [2.45, 2.75) is 19.4 Å². The highest BCUT2D eigenvalue weighted by Gasteiger charge is 2.23. The molecule has 1 amide bonds. The summed E-state index contributed by atoms with van der Waals surface area (Å²) in [5.41, 5.74) is 1.94. The Kier molecular flexibility index (Phi) is 5.67. The van der Waals surface area contributed by atoms with Crippen LogP contribution >= 0.6 is 11.3 Å². The van der Waals surface area contributed by atoms with Crippen molar-refractivity contribution in [3.8, 4) is 0 Å². The van der Waals surface area contributed by atoms with Crippen molar-refractivity contribution in [3.63, 3.8) is 0 Å². The molecule has 0 fully saturated rings. The Morgan fingerprint density at radius 2 is 2.10 bits per heavy atom. The topological polar surface area (TPSA) is 80.0 Å². The van der Waals surface area contributed by atoms with Crippen molar-refractivity contribution in [1.82, 2.24) is 9.97 Å². The van der Waals surface area contributed by atoms with Gasteiger partial charge in [0.15, 0.2) is 5.76 Å². The van der Waals surface area contributed by atoms with Crippen LogP contribution < -0.4 is 10.6 Å². The van der Waals surface area contributed by atoms with Crippen molar-refractivity contribution in [2.24, 2.45) is 0 Å². The van der Waals surface area contributed by atoms with Crippen molar-refractivity contribution in [2.75, 3.05) is 10.6 Å². The van der Waals surface area contributed by atoms with Gasteiger partial charge in [0.1, 0.15) is 10.8 Å². The van der Waals surface area contributed by atoms with E-state index in [2.05, 4.69) is 33.6 Å². The molecule has 0 aliphatic rings. The smallest absolute Gasteiger partial charge is 0.291 e. The fourth-order valence-corrected chi connectivity index (χ4v) is 4.03. The number of pyridine rings is 2. The predicted molar refractivity (Wildman–Crippen MR) is 114 cm³/mol. The van der Waals surface area contributed by atoms with E-state index < -0.39 is 0 Å². The molecule has 6 nitrogen and oxygen atoms in total. The summed E-state index contributed by atoms with van der Waals surface area (Å²) in [4.78, 5) is 22.4. The highest BCUT2D eigenvalue weighted by molar-refractivity contribution is 7.16. The minimum absolute atomic E-state index is 0.220. The van der Waals surface area contributed by atoms with Gasteiger partial charge in [0.25, 0.3) is 5.91 Å². The second-order valence-corrected chi connectivity index (χ2v) is 7.50. The van der Waals surface area contributed by atoms with Crippen LogP contribution in [0.1, 0.15) is 39.5 Å². The highest BCUT2D eigenvalue weighted by Crippen LogP contribution is 2.37. The molecule has 0 saturated heterocycles. The average molecular weight is 404 g/mol. The van der Waals surface area contributed by atoms with E-state index in [0.717, 1.165) is 28.4 Å². The van der Waals surface area contributed by atoms with E-state index in [1.54, 1.807) is 35.9 Å². The van der Waals surface area contributed by atoms with Crippen molar-refractivity contribution < 1.29 is 9.21 Å². The number of furan rings is 1. The summed E-state index contributed by atoms with van der Waals surface area (Å²) < 4.78 is 5.24. The number of hydrogen-bond acceptors (Lipinski definition) is 6. The number of hydrogen-bond donors (Lipinski definition) is 2. The summed E-state index contributed by atoms with van der Waals surface area (Å²) >= 11 is 1.56. The Labute approximate surface area is 172 Å². The summed E-state index contributed by atoms with van der Waals surface area (Å²) in [6.45, 7) is 2.10. The lowest BCUT2D eigenvalue weighted by molar-refractivity contribution is 0.0997. The Bertz CT molecular complexity index is 1060. The van der Waals surface area contributed by atoms with Gasteiger partial charge >= 0.3 is 0 Å². The molecule has 4 aromatic heterocycles. The second-order valence-electron chi connectivity index (χ2n) is 6.36. The number of thiophene rings is 1. The SMILES string of the molecule is CCc1cc([C@@H](Nc2ccccn2)c2cccnc2)c(NC(=O)c2ccco2)s1. The minimum Gasteiger partial charge on any atom is -0.459 e. The molecule has 0 aliphatic carbocycles. The summed E-state index contributed by atoms with van der Waals surface area (Å²) in [6, 6.07) is 14.9. The molecule has 0 aliphatic heterocycles. The van der Waals surface area contributed by atoms with Gasteiger partial charge in [0.2, 0.25) is 0 Å². The first-order valence-corrected chi connectivity index (χ1v) is 10.1. The lowest BCUT2D eigenvalue weighted by Gasteiger charge is -2.20. The monoisotopic (exact) mass is 404 g/mol. The van der Waals surface area contributed by atoms with E-state index >= 15 is 0 Å². The maximum Gasteiger partial charge on any atom is 0.291 e. The molecule has 146 valence electrons. The quantitative estimate of drug-likeness (QED) is 0.445. The molecule has 1 atom stereocenters. The summed E-state index contributed by atoms with van der Waals surface area (Å²) in [7, 11) is 0. The van der Waals surface area contributed by atoms with Crippen LogP contribution in [-0.2, 0) is 6.42 Å². The highest BCUT2D eigenvalue weighted by atomic mass is 32.1. The Hall–Kier alpha value is -3.45. The van der Waals surface area contributed by atoms with Gasteiger partial charge in [-0.3, -0.25) is 9.78 Å². The van der Waals surface area contributed by atoms with Crippen LogP contribution in [0.5, 0.6) is 0 Å². The van der Waals surface area contributed by atoms with Crippen molar-refractivity contribution in [1.29, 1.82) is 0 Å². The molecular weight excluding hydrogens is 384 g/mol. The number of rotatable bonds is 7. The first-order chi connectivity index (χ1) is 14.2.